The van der Waals surface area contributed by atoms with E-state index < -0.39 is 10.8 Å². The number of aryl methyl sites for hydroxylation is 1. The van der Waals surface area contributed by atoms with E-state index in [4.69, 9.17) is 0 Å². The highest BCUT2D eigenvalue weighted by Gasteiger charge is 2.28. The zero-order chi connectivity index (χ0) is 13.2. The minimum atomic E-state index is -1.00. The van der Waals surface area contributed by atoms with Crippen molar-refractivity contribution in [2.24, 2.45) is 0 Å². The molecule has 0 bridgehead atoms. The first-order valence-corrected chi connectivity index (χ1v) is 7.88. The second-order valence-electron chi connectivity index (χ2n) is 4.98. The average molecular weight is 271 g/mol. The van der Waals surface area contributed by atoms with E-state index in [1.165, 1.54) is 11.1 Å². The second-order valence-corrected chi connectivity index (χ2v) is 6.62. The van der Waals surface area contributed by atoms with Crippen LogP contribution >= 0.6 is 0 Å². The first kappa shape index (κ1) is 12.5. The van der Waals surface area contributed by atoms with Crippen LogP contribution in [0.15, 0.2) is 47.5 Å². The summed E-state index contributed by atoms with van der Waals surface area (Å²) in [4.78, 5) is 5.42. The van der Waals surface area contributed by atoms with E-state index in [0.717, 1.165) is 29.9 Å². The lowest BCUT2D eigenvalue weighted by Crippen LogP contribution is -2.17. The van der Waals surface area contributed by atoms with Crippen LogP contribution < -0.4 is 0 Å². The summed E-state index contributed by atoms with van der Waals surface area (Å²) in [5.74, 6) is 0. The molecule has 0 radical (unpaired) electrons. The predicted octanol–water partition coefficient (Wildman–Crippen LogP) is 3.58. The maximum Gasteiger partial charge on any atom is 0.0819 e. The molecular weight excluding hydrogens is 254 g/mol. The lowest BCUT2D eigenvalue weighted by Gasteiger charge is -2.25. The van der Waals surface area contributed by atoms with Crippen molar-refractivity contribution in [3.05, 3.63) is 59.4 Å². The molecule has 2 unspecified atom stereocenters. The topological polar surface area (TPSA) is 30.0 Å². The molecule has 0 spiro atoms. The highest BCUT2D eigenvalue weighted by atomic mass is 32.2. The molecule has 2 aromatic rings. The van der Waals surface area contributed by atoms with Gasteiger partial charge in [0, 0.05) is 11.1 Å². The molecule has 1 aromatic carbocycles. The molecule has 2 atom stereocenters. The number of aromatic nitrogens is 1. The van der Waals surface area contributed by atoms with E-state index in [0.29, 0.717) is 0 Å². The van der Waals surface area contributed by atoms with Gasteiger partial charge in [-0.15, -0.1) is 0 Å². The van der Waals surface area contributed by atoms with Crippen LogP contribution in [-0.2, 0) is 17.2 Å². The van der Waals surface area contributed by atoms with Crippen molar-refractivity contribution in [3.63, 3.8) is 0 Å². The summed E-state index contributed by atoms with van der Waals surface area (Å²) in [6.45, 7) is 2.12. The van der Waals surface area contributed by atoms with Gasteiger partial charge in [0.05, 0.1) is 21.7 Å². The smallest absolute Gasteiger partial charge is 0.0819 e. The molecule has 19 heavy (non-hydrogen) atoms. The normalized spacial score (nSPS) is 19.7. The Kier molecular flexibility index (Phi) is 3.47. The van der Waals surface area contributed by atoms with E-state index in [2.05, 4.69) is 11.9 Å². The van der Waals surface area contributed by atoms with E-state index in [1.54, 1.807) is 0 Å². The lowest BCUT2D eigenvalue weighted by molar-refractivity contribution is 0.616. The van der Waals surface area contributed by atoms with Crippen LogP contribution in [0.3, 0.4) is 0 Å². The molecule has 0 amide bonds. The average Bonchev–Trinajstić information content (AvgIpc) is 2.47. The van der Waals surface area contributed by atoms with Crippen LogP contribution in [0, 0.1) is 6.92 Å². The summed E-state index contributed by atoms with van der Waals surface area (Å²) in [5, 5.41) is 0.0473. The number of benzene rings is 1. The maximum absolute atomic E-state index is 12.7. The molecular formula is C16H17NOS. The van der Waals surface area contributed by atoms with Crippen molar-refractivity contribution in [2.75, 3.05) is 0 Å². The van der Waals surface area contributed by atoms with Crippen LogP contribution in [0.5, 0.6) is 0 Å². The van der Waals surface area contributed by atoms with Gasteiger partial charge in [0.25, 0.3) is 0 Å². The third-order valence-corrected chi connectivity index (χ3v) is 5.47. The van der Waals surface area contributed by atoms with Crippen LogP contribution in [0.4, 0.5) is 0 Å². The fourth-order valence-electron chi connectivity index (χ4n) is 2.74. The molecule has 0 aliphatic heterocycles. The van der Waals surface area contributed by atoms with Crippen molar-refractivity contribution in [1.29, 1.82) is 0 Å². The largest absolute Gasteiger partial charge is 0.260 e. The summed E-state index contributed by atoms with van der Waals surface area (Å²) in [7, 11) is -1.00. The van der Waals surface area contributed by atoms with Gasteiger partial charge in [-0.2, -0.15) is 0 Å². The molecule has 3 heteroatoms. The maximum atomic E-state index is 12.7. The Balaban J connectivity index is 2.01. The minimum Gasteiger partial charge on any atom is -0.260 e. The molecule has 1 aromatic heterocycles. The minimum absolute atomic E-state index is 0.0473. The quantitative estimate of drug-likeness (QED) is 0.835. The van der Waals surface area contributed by atoms with Gasteiger partial charge in [-0.25, -0.2) is 0 Å². The summed E-state index contributed by atoms with van der Waals surface area (Å²) < 4.78 is 12.7. The van der Waals surface area contributed by atoms with Crippen LogP contribution in [0.2, 0.25) is 0 Å². The van der Waals surface area contributed by atoms with Crippen molar-refractivity contribution in [3.8, 4) is 0 Å². The van der Waals surface area contributed by atoms with E-state index in [1.807, 2.05) is 42.6 Å². The second kappa shape index (κ2) is 5.25. The Bertz CT molecular complexity index is 609. The highest BCUT2D eigenvalue weighted by Crippen LogP contribution is 2.36. The van der Waals surface area contributed by atoms with Crippen LogP contribution in [0.25, 0.3) is 0 Å². The summed E-state index contributed by atoms with van der Waals surface area (Å²) in [5.41, 5.74) is 3.64. The van der Waals surface area contributed by atoms with E-state index in [-0.39, 0.29) is 5.25 Å². The summed E-state index contributed by atoms with van der Waals surface area (Å²) in [6.07, 6.45) is 4.97. The van der Waals surface area contributed by atoms with Gasteiger partial charge in [0.1, 0.15) is 0 Å². The number of rotatable bonds is 2. The van der Waals surface area contributed by atoms with E-state index in [9.17, 15) is 4.21 Å². The fourth-order valence-corrected chi connectivity index (χ4v) is 4.28. The van der Waals surface area contributed by atoms with Gasteiger partial charge in [-0.05, 0) is 55.5 Å². The third kappa shape index (κ3) is 2.35. The van der Waals surface area contributed by atoms with Gasteiger partial charge >= 0.3 is 0 Å². The molecule has 2 nitrogen and oxygen atoms in total. The summed E-state index contributed by atoms with van der Waals surface area (Å²) >= 11 is 0. The standard InChI is InChI=1S/C16H17NOS/c1-12-10-11-17-16-14(12)8-5-9-15(16)19(18)13-6-3-2-4-7-13/h2-4,6-7,10-11,15H,5,8-9H2,1H3. The van der Waals surface area contributed by atoms with Crippen LogP contribution in [-0.4, -0.2) is 9.19 Å². The first-order chi connectivity index (χ1) is 9.27. The Hall–Kier alpha value is -1.48. The predicted molar refractivity (Wildman–Crippen MR) is 77.5 cm³/mol. The van der Waals surface area contributed by atoms with Gasteiger partial charge in [-0.1, -0.05) is 18.2 Å². The highest BCUT2D eigenvalue weighted by molar-refractivity contribution is 7.85. The number of hydrogen-bond donors (Lipinski definition) is 0. The Morgan fingerprint density at radius 1 is 1.21 bits per heavy atom. The number of hydrogen-bond acceptors (Lipinski definition) is 2. The Morgan fingerprint density at radius 3 is 2.79 bits per heavy atom. The Morgan fingerprint density at radius 2 is 2.00 bits per heavy atom. The van der Waals surface area contributed by atoms with Gasteiger partial charge < -0.3 is 0 Å². The molecule has 3 rings (SSSR count). The molecule has 0 N–H and O–H groups in total. The first-order valence-electron chi connectivity index (χ1n) is 6.67. The SMILES string of the molecule is Cc1ccnc2c1CCCC2S(=O)c1ccccc1. The molecule has 1 aliphatic rings. The molecule has 0 saturated heterocycles. The number of fused-ring (bicyclic) bond motifs is 1. The lowest BCUT2D eigenvalue weighted by atomic mass is 9.92. The number of nitrogens with zero attached hydrogens (tertiary/aromatic N) is 1. The van der Waals surface area contributed by atoms with Gasteiger partial charge in [0.2, 0.25) is 0 Å². The molecule has 98 valence electrons. The van der Waals surface area contributed by atoms with Gasteiger partial charge in [-0.3, -0.25) is 9.19 Å². The zero-order valence-electron chi connectivity index (χ0n) is 11.0. The van der Waals surface area contributed by atoms with Crippen LogP contribution in [0.1, 0.15) is 34.9 Å². The molecule has 1 heterocycles. The molecule has 1 aliphatic carbocycles. The monoisotopic (exact) mass is 271 g/mol. The molecule has 0 fully saturated rings. The van der Waals surface area contributed by atoms with E-state index >= 15 is 0 Å². The molecule has 0 saturated carbocycles. The van der Waals surface area contributed by atoms with Crippen molar-refractivity contribution in [1.82, 2.24) is 4.98 Å². The van der Waals surface area contributed by atoms with Crippen molar-refractivity contribution >= 4 is 10.8 Å². The fraction of sp³-hybridized carbons (Fsp3) is 0.312. The van der Waals surface area contributed by atoms with Crippen molar-refractivity contribution in [2.45, 2.75) is 36.3 Å². The zero-order valence-corrected chi connectivity index (χ0v) is 11.8. The third-order valence-electron chi connectivity index (χ3n) is 3.76. The summed E-state index contributed by atoms with van der Waals surface area (Å²) in [6, 6.07) is 11.8. The number of pyridine rings is 1. The Labute approximate surface area is 116 Å². The van der Waals surface area contributed by atoms with Gasteiger partial charge in [0.15, 0.2) is 0 Å². The van der Waals surface area contributed by atoms with Crippen molar-refractivity contribution < 1.29 is 4.21 Å².